The summed E-state index contributed by atoms with van der Waals surface area (Å²) in [5.74, 6) is 0.299. The number of imidazole rings is 1. The van der Waals surface area contributed by atoms with Crippen molar-refractivity contribution in [3.8, 4) is 0 Å². The molecule has 0 amide bonds. The van der Waals surface area contributed by atoms with Crippen LogP contribution in [0.2, 0.25) is 0 Å². The van der Waals surface area contributed by atoms with E-state index in [1.165, 1.54) is 6.33 Å². The van der Waals surface area contributed by atoms with Crippen LogP contribution in [0.3, 0.4) is 0 Å². The van der Waals surface area contributed by atoms with E-state index >= 15 is 0 Å². The zero-order valence-corrected chi connectivity index (χ0v) is 19.8. The third-order valence-electron chi connectivity index (χ3n) is 6.04. The van der Waals surface area contributed by atoms with Crippen LogP contribution in [0.4, 0.5) is 5.82 Å². The van der Waals surface area contributed by atoms with Gasteiger partial charge in [0.2, 0.25) is 0 Å². The normalized spacial score (nSPS) is 26.4. The molecule has 32 heavy (non-hydrogen) atoms. The third-order valence-corrected chi connectivity index (χ3v) is 15.7. The van der Waals surface area contributed by atoms with E-state index in [1.54, 1.807) is 10.9 Å². The second-order valence-electron chi connectivity index (χ2n) is 7.84. The summed E-state index contributed by atoms with van der Waals surface area (Å²) in [6.07, 6.45) is 1.07. The zero-order valence-electron chi connectivity index (χ0n) is 17.0. The Labute approximate surface area is 188 Å². The molecule has 2 fully saturated rings. The number of aliphatic hydroxyl groups excluding tert-OH is 1. The van der Waals surface area contributed by atoms with Crippen LogP contribution in [0, 0.1) is 0 Å². The average Bonchev–Trinajstić information content (AvgIpc) is 3.53. The summed E-state index contributed by atoms with van der Waals surface area (Å²) in [6.45, 7) is -0.184. The molecular formula is C22H21N5O4Sn. The number of benzene rings is 2. The molecule has 3 N–H and O–H groups in total. The van der Waals surface area contributed by atoms with Gasteiger partial charge in [-0.05, 0) is 0 Å². The van der Waals surface area contributed by atoms with Crippen molar-refractivity contribution in [2.75, 3.05) is 12.3 Å². The Hall–Kier alpha value is -2.57. The Bertz CT molecular complexity index is 1220. The van der Waals surface area contributed by atoms with Crippen molar-refractivity contribution in [1.82, 2.24) is 19.5 Å². The number of ether oxygens (including phenoxy) is 1. The SMILES string of the molecule is Nc1ncnc2c1ncn2C1OC(CO)C2[O][Sn]([c]3ccccc3)([c]3ccccc3)[O]C21. The van der Waals surface area contributed by atoms with Gasteiger partial charge in [-0.1, -0.05) is 0 Å². The van der Waals surface area contributed by atoms with Gasteiger partial charge in [0, 0.05) is 0 Å². The first-order valence-electron chi connectivity index (χ1n) is 10.4. The standard InChI is InChI=1S/C10H11N5O4.2C6H5.Sn/c11-8-5-9(13-2-12-8)15(3-14-5)10-7(18)6(17)4(1-16)19-10;2*1-2-4-6-5-3-1;/h2-4,6-7,10,16H,1H2,(H2,11,12,13);2*1-5H;/q-2;;;+2. The van der Waals surface area contributed by atoms with E-state index in [-0.39, 0.29) is 6.61 Å². The molecule has 2 aromatic carbocycles. The van der Waals surface area contributed by atoms with Crippen LogP contribution in [0.15, 0.2) is 73.3 Å². The fourth-order valence-corrected chi connectivity index (χ4v) is 14.6. The Balaban J connectivity index is 1.47. The van der Waals surface area contributed by atoms with E-state index in [0.717, 1.165) is 7.16 Å². The molecule has 4 aromatic rings. The van der Waals surface area contributed by atoms with Crippen molar-refractivity contribution < 1.29 is 16.0 Å². The van der Waals surface area contributed by atoms with E-state index < -0.39 is 43.7 Å². The molecule has 0 saturated carbocycles. The Kier molecular flexibility index (Phi) is 4.88. The molecule has 10 heteroatoms. The molecule has 6 rings (SSSR count). The molecule has 2 aliphatic rings. The molecule has 0 aliphatic carbocycles. The molecule has 162 valence electrons. The first kappa shape index (κ1) is 20.1. The van der Waals surface area contributed by atoms with Gasteiger partial charge in [0.15, 0.2) is 0 Å². The molecule has 0 bridgehead atoms. The van der Waals surface area contributed by atoms with Crippen LogP contribution in [0.25, 0.3) is 11.2 Å². The molecule has 2 aromatic heterocycles. The Morgan fingerprint density at radius 3 is 2.22 bits per heavy atom. The Morgan fingerprint density at radius 2 is 1.56 bits per heavy atom. The van der Waals surface area contributed by atoms with Gasteiger partial charge in [0.25, 0.3) is 0 Å². The number of aliphatic hydroxyl groups is 1. The quantitative estimate of drug-likeness (QED) is 0.358. The van der Waals surface area contributed by atoms with Crippen LogP contribution >= 0.6 is 0 Å². The monoisotopic (exact) mass is 539 g/mol. The summed E-state index contributed by atoms with van der Waals surface area (Å²) in [4.78, 5) is 12.7. The van der Waals surface area contributed by atoms with Gasteiger partial charge in [0.05, 0.1) is 0 Å². The molecule has 0 spiro atoms. The number of rotatable bonds is 4. The van der Waals surface area contributed by atoms with Crippen LogP contribution in [-0.4, -0.2) is 68.7 Å². The molecular weight excluding hydrogens is 517 g/mol. The minimum absolute atomic E-state index is 0.184. The molecule has 9 nitrogen and oxygen atoms in total. The maximum absolute atomic E-state index is 10.1. The number of nitrogens with two attached hydrogens (primary N) is 1. The van der Waals surface area contributed by atoms with E-state index in [0.29, 0.717) is 17.0 Å². The van der Waals surface area contributed by atoms with Gasteiger partial charge in [-0.3, -0.25) is 0 Å². The first-order chi connectivity index (χ1) is 15.7. The summed E-state index contributed by atoms with van der Waals surface area (Å²) in [5.41, 5.74) is 7.02. The molecule has 4 unspecified atom stereocenters. The summed E-state index contributed by atoms with van der Waals surface area (Å²) in [6, 6.07) is 20.2. The van der Waals surface area contributed by atoms with E-state index in [9.17, 15) is 5.11 Å². The number of nitrogens with zero attached hydrogens (tertiary/aromatic N) is 4. The number of hydrogen-bond donors (Lipinski definition) is 2. The summed E-state index contributed by atoms with van der Waals surface area (Å²) in [7, 11) is 0. The van der Waals surface area contributed by atoms with Crippen LogP contribution < -0.4 is 12.9 Å². The molecule has 2 aliphatic heterocycles. The Morgan fingerprint density at radius 1 is 0.906 bits per heavy atom. The number of hydrogen-bond acceptors (Lipinski definition) is 8. The fourth-order valence-electron chi connectivity index (χ4n) is 4.57. The number of nitrogen functional groups attached to an aromatic ring is 1. The van der Waals surface area contributed by atoms with E-state index in [2.05, 4.69) is 39.2 Å². The van der Waals surface area contributed by atoms with Crippen molar-refractivity contribution in [3.05, 3.63) is 73.3 Å². The van der Waals surface area contributed by atoms with E-state index in [4.69, 9.17) is 16.6 Å². The van der Waals surface area contributed by atoms with Gasteiger partial charge in [-0.15, -0.1) is 0 Å². The topological polar surface area (TPSA) is 118 Å². The molecule has 4 heterocycles. The fraction of sp³-hybridized carbons (Fsp3) is 0.227. The van der Waals surface area contributed by atoms with Crippen molar-refractivity contribution in [3.63, 3.8) is 0 Å². The zero-order chi connectivity index (χ0) is 21.7. The van der Waals surface area contributed by atoms with E-state index in [1.807, 2.05) is 36.4 Å². The van der Waals surface area contributed by atoms with Crippen LogP contribution in [0.5, 0.6) is 0 Å². The summed E-state index contributed by atoms with van der Waals surface area (Å²) in [5, 5.41) is 10.1. The van der Waals surface area contributed by atoms with Crippen molar-refractivity contribution in [2.45, 2.75) is 24.5 Å². The van der Waals surface area contributed by atoms with Crippen molar-refractivity contribution in [2.24, 2.45) is 0 Å². The second kappa shape index (κ2) is 7.78. The molecule has 4 atom stereocenters. The van der Waals surface area contributed by atoms with Gasteiger partial charge >= 0.3 is 189 Å². The van der Waals surface area contributed by atoms with Crippen LogP contribution in [-0.2, 0) is 10.9 Å². The van der Waals surface area contributed by atoms with Gasteiger partial charge < -0.3 is 0 Å². The van der Waals surface area contributed by atoms with Gasteiger partial charge in [0.1, 0.15) is 0 Å². The number of fused-ring (bicyclic) bond motifs is 2. The van der Waals surface area contributed by atoms with Crippen molar-refractivity contribution in [1.29, 1.82) is 0 Å². The molecule has 0 radical (unpaired) electrons. The average molecular weight is 538 g/mol. The minimum atomic E-state index is -4.03. The van der Waals surface area contributed by atoms with Gasteiger partial charge in [-0.25, -0.2) is 0 Å². The second-order valence-corrected chi connectivity index (χ2v) is 16.0. The third kappa shape index (κ3) is 2.96. The summed E-state index contributed by atoms with van der Waals surface area (Å²) >= 11 is -4.03. The first-order valence-corrected chi connectivity index (χ1v) is 15.6. The number of anilines is 1. The van der Waals surface area contributed by atoms with Crippen LogP contribution in [0.1, 0.15) is 6.23 Å². The predicted octanol–water partition coefficient (Wildman–Crippen LogP) is 0.339. The summed E-state index contributed by atoms with van der Waals surface area (Å²) < 4.78 is 23.9. The number of aromatic nitrogens is 4. The predicted molar refractivity (Wildman–Crippen MR) is 118 cm³/mol. The molecule has 2 saturated heterocycles. The van der Waals surface area contributed by atoms with Gasteiger partial charge in [-0.2, -0.15) is 0 Å². The van der Waals surface area contributed by atoms with Crippen molar-refractivity contribution >= 4 is 43.3 Å². The maximum atomic E-state index is 10.1.